The van der Waals surface area contributed by atoms with Gasteiger partial charge in [-0.2, -0.15) is 0 Å². The molecule has 41 heavy (non-hydrogen) atoms. The molecule has 3 N–H and O–H groups in total. The van der Waals surface area contributed by atoms with Gasteiger partial charge in [0.15, 0.2) is 5.13 Å². The summed E-state index contributed by atoms with van der Waals surface area (Å²) in [7, 11) is 0. The van der Waals surface area contributed by atoms with E-state index in [-0.39, 0.29) is 16.6 Å². The fourth-order valence-electron chi connectivity index (χ4n) is 6.10. The van der Waals surface area contributed by atoms with Crippen LogP contribution in [0.4, 0.5) is 27.0 Å². The van der Waals surface area contributed by atoms with Crippen molar-refractivity contribution in [2.75, 3.05) is 41.7 Å². The number of phenolic OH excluding ortho intramolecular Hbond substituents is 1. The van der Waals surface area contributed by atoms with Crippen LogP contribution < -0.4 is 15.5 Å². The molecule has 2 aliphatic rings. The van der Waals surface area contributed by atoms with Crippen molar-refractivity contribution in [3.05, 3.63) is 70.2 Å². The van der Waals surface area contributed by atoms with E-state index in [4.69, 9.17) is 11.6 Å². The molecule has 1 saturated heterocycles. The highest BCUT2D eigenvalue weighted by Crippen LogP contribution is 2.56. The molecule has 7 nitrogen and oxygen atoms in total. The van der Waals surface area contributed by atoms with Crippen LogP contribution in [0.15, 0.2) is 49.1 Å². The predicted molar refractivity (Wildman–Crippen MR) is 173 cm³/mol. The molecule has 0 atom stereocenters. The van der Waals surface area contributed by atoms with E-state index in [0.29, 0.717) is 22.4 Å². The molecule has 3 heterocycles. The van der Waals surface area contributed by atoms with Gasteiger partial charge in [0.25, 0.3) is 0 Å². The van der Waals surface area contributed by atoms with E-state index < -0.39 is 6.03 Å². The number of aromatic nitrogens is 1. The number of urea groups is 1. The number of fused-ring (bicyclic) bond motifs is 2. The molecule has 0 aliphatic carbocycles. The van der Waals surface area contributed by atoms with Crippen molar-refractivity contribution in [3.8, 4) is 5.75 Å². The topological polar surface area (TPSA) is 80.7 Å². The summed E-state index contributed by atoms with van der Waals surface area (Å²) in [6.45, 7) is 16.2. The molecule has 0 saturated carbocycles. The highest BCUT2D eigenvalue weighted by atomic mass is 35.5. The Hall–Kier alpha value is -3.33. The Labute approximate surface area is 251 Å². The van der Waals surface area contributed by atoms with E-state index >= 15 is 0 Å². The molecule has 2 amide bonds. The summed E-state index contributed by atoms with van der Waals surface area (Å²) in [5, 5.41) is 18.2. The largest absolute Gasteiger partial charge is 0.506 e. The van der Waals surface area contributed by atoms with Crippen molar-refractivity contribution in [1.82, 2.24) is 9.88 Å². The number of amides is 2. The molecular weight excluding hydrogens is 554 g/mol. The number of phenols is 1. The normalized spacial score (nSPS) is 16.8. The summed E-state index contributed by atoms with van der Waals surface area (Å²) in [6, 6.07) is 10.7. The summed E-state index contributed by atoms with van der Waals surface area (Å²) in [5.74, 6) is 0.189. The number of allylic oxidation sites excluding steroid dienone is 1. The minimum absolute atomic E-state index is 0.189. The number of halogens is 1. The summed E-state index contributed by atoms with van der Waals surface area (Å²) >= 11 is 8.24. The molecule has 0 bridgehead atoms. The number of rotatable bonds is 6. The number of piperidine rings is 1. The Morgan fingerprint density at radius 1 is 1.20 bits per heavy atom. The van der Waals surface area contributed by atoms with Crippen LogP contribution in [0.3, 0.4) is 0 Å². The zero-order valence-corrected chi connectivity index (χ0v) is 25.7. The van der Waals surface area contributed by atoms with Crippen molar-refractivity contribution in [2.24, 2.45) is 5.41 Å². The van der Waals surface area contributed by atoms with Gasteiger partial charge in [-0.05, 0) is 74.7 Å². The van der Waals surface area contributed by atoms with Crippen LogP contribution in [0.2, 0.25) is 5.02 Å². The van der Waals surface area contributed by atoms with Gasteiger partial charge in [-0.1, -0.05) is 68.5 Å². The van der Waals surface area contributed by atoms with Gasteiger partial charge in [0, 0.05) is 29.1 Å². The Balaban J connectivity index is 1.42. The Bertz CT molecular complexity index is 1480. The molecule has 1 aromatic heterocycles. The Kier molecular flexibility index (Phi) is 8.19. The average molecular weight is 592 g/mol. The first-order valence-corrected chi connectivity index (χ1v) is 15.2. The third-order valence-electron chi connectivity index (χ3n) is 7.73. The standard InChI is InChI=1S/C32H38ClN5O2S/c1-6-10-23-26(7-2)41-30(35-23)36-29(40)34-22-11-8-9-12-24(22)38-20-32(27-21(33)13-14-25(39)28(27)38)15-17-37(18-16-32)19-31(3,4)5/h6-14,39H,2,15-20H2,1,3-5H3,(H2,34,35,36,40)/b10-6-. The third kappa shape index (κ3) is 6.01. The van der Waals surface area contributed by atoms with Crippen LogP contribution in [-0.4, -0.2) is 47.2 Å². The van der Waals surface area contributed by atoms with Gasteiger partial charge in [-0.25, -0.2) is 9.78 Å². The van der Waals surface area contributed by atoms with E-state index in [1.165, 1.54) is 11.3 Å². The fraction of sp³-hybridized carbons (Fsp3) is 0.375. The van der Waals surface area contributed by atoms with Crippen LogP contribution in [0.1, 0.15) is 56.7 Å². The number of likely N-dealkylation sites (tertiary alicyclic amines) is 1. The molecule has 216 valence electrons. The number of para-hydroxylation sites is 2. The number of carbonyl (C=O) groups is 1. The van der Waals surface area contributed by atoms with Crippen molar-refractivity contribution < 1.29 is 9.90 Å². The predicted octanol–water partition coefficient (Wildman–Crippen LogP) is 8.35. The smallest absolute Gasteiger partial charge is 0.325 e. The van der Waals surface area contributed by atoms with E-state index in [9.17, 15) is 9.90 Å². The van der Waals surface area contributed by atoms with Crippen LogP contribution >= 0.6 is 22.9 Å². The van der Waals surface area contributed by atoms with Gasteiger partial charge in [0.05, 0.1) is 27.6 Å². The number of aromatic hydroxyl groups is 1. The minimum atomic E-state index is -0.395. The van der Waals surface area contributed by atoms with Gasteiger partial charge in [0.1, 0.15) is 5.75 Å². The molecular formula is C32H38ClN5O2S. The third-order valence-corrected chi connectivity index (χ3v) is 9.03. The lowest BCUT2D eigenvalue weighted by Crippen LogP contribution is -2.47. The average Bonchev–Trinajstić information content (AvgIpc) is 3.46. The van der Waals surface area contributed by atoms with E-state index in [1.54, 1.807) is 18.2 Å². The first kappa shape index (κ1) is 29.2. The highest BCUT2D eigenvalue weighted by molar-refractivity contribution is 7.16. The van der Waals surface area contributed by atoms with E-state index in [0.717, 1.165) is 60.0 Å². The number of hydrogen-bond acceptors (Lipinski definition) is 6. The molecule has 2 aliphatic heterocycles. The van der Waals surface area contributed by atoms with Gasteiger partial charge in [-0.3, -0.25) is 5.32 Å². The zero-order chi connectivity index (χ0) is 29.4. The van der Waals surface area contributed by atoms with Gasteiger partial charge >= 0.3 is 6.03 Å². The first-order chi connectivity index (χ1) is 19.5. The van der Waals surface area contributed by atoms with E-state index in [1.807, 2.05) is 43.3 Å². The summed E-state index contributed by atoms with van der Waals surface area (Å²) < 4.78 is 0. The quantitative estimate of drug-likeness (QED) is 0.268. The molecule has 5 rings (SSSR count). The number of thiazole rings is 1. The molecule has 0 unspecified atom stereocenters. The molecule has 1 spiro atoms. The second-order valence-electron chi connectivity index (χ2n) is 12.1. The van der Waals surface area contributed by atoms with Crippen molar-refractivity contribution in [3.63, 3.8) is 0 Å². The van der Waals surface area contributed by atoms with Crippen molar-refractivity contribution in [1.29, 1.82) is 0 Å². The highest BCUT2D eigenvalue weighted by Gasteiger charge is 2.48. The lowest BCUT2D eigenvalue weighted by molar-refractivity contribution is 0.125. The fourth-order valence-corrected chi connectivity index (χ4v) is 7.25. The van der Waals surface area contributed by atoms with Gasteiger partial charge in [0.2, 0.25) is 0 Å². The molecule has 0 radical (unpaired) electrons. The number of carbonyl (C=O) groups excluding carboxylic acids is 1. The molecule has 9 heteroatoms. The number of nitrogens with zero attached hydrogens (tertiary/aromatic N) is 3. The summed E-state index contributed by atoms with van der Waals surface area (Å²) in [4.78, 5) is 23.2. The van der Waals surface area contributed by atoms with Crippen molar-refractivity contribution >= 4 is 63.3 Å². The monoisotopic (exact) mass is 591 g/mol. The van der Waals surface area contributed by atoms with Gasteiger partial charge < -0.3 is 20.2 Å². The van der Waals surface area contributed by atoms with Crippen LogP contribution in [-0.2, 0) is 5.41 Å². The maximum atomic E-state index is 13.1. The lowest BCUT2D eigenvalue weighted by atomic mass is 9.74. The maximum Gasteiger partial charge on any atom is 0.325 e. The Morgan fingerprint density at radius 3 is 2.61 bits per heavy atom. The van der Waals surface area contributed by atoms with Gasteiger partial charge in [-0.15, -0.1) is 0 Å². The SMILES string of the molecule is C=Cc1sc(NC(=O)Nc2ccccc2N2CC3(CCN(CC(C)(C)C)CC3)c3c(Cl)ccc(O)c32)nc1/C=C\C. The lowest BCUT2D eigenvalue weighted by Gasteiger charge is -2.42. The van der Waals surface area contributed by atoms with Crippen LogP contribution in [0.5, 0.6) is 5.75 Å². The number of nitrogens with one attached hydrogen (secondary N) is 2. The summed E-state index contributed by atoms with van der Waals surface area (Å²) in [5.41, 5.74) is 3.96. The van der Waals surface area contributed by atoms with Crippen LogP contribution in [0.25, 0.3) is 12.2 Å². The first-order valence-electron chi connectivity index (χ1n) is 14.0. The summed E-state index contributed by atoms with van der Waals surface area (Å²) in [6.07, 6.45) is 7.40. The minimum Gasteiger partial charge on any atom is -0.506 e. The van der Waals surface area contributed by atoms with Crippen molar-refractivity contribution in [2.45, 2.75) is 46.0 Å². The number of anilines is 4. The maximum absolute atomic E-state index is 13.1. The molecule has 3 aromatic rings. The second-order valence-corrected chi connectivity index (χ2v) is 13.5. The molecule has 2 aromatic carbocycles. The Morgan fingerprint density at radius 2 is 1.93 bits per heavy atom. The zero-order valence-electron chi connectivity index (χ0n) is 24.1. The van der Waals surface area contributed by atoms with Crippen LogP contribution in [0, 0.1) is 5.41 Å². The second kappa shape index (κ2) is 11.5. The number of benzene rings is 2. The number of hydrogen-bond donors (Lipinski definition) is 3. The van der Waals surface area contributed by atoms with E-state index in [2.05, 4.69) is 52.8 Å². The molecule has 1 fully saturated rings.